The van der Waals surface area contributed by atoms with Crippen LogP contribution in [0.3, 0.4) is 0 Å². The SMILES string of the molecule is O=c1c2c([nH]c3sc4c(c13)CCCC4)=NCC=2. The zero-order valence-electron chi connectivity index (χ0n) is 9.38. The minimum absolute atomic E-state index is 0.189. The number of pyridine rings is 1. The molecule has 2 aromatic heterocycles. The number of aryl methyl sites for hydroxylation is 2. The molecule has 4 heteroatoms. The number of nitrogens with zero attached hydrogens (tertiary/aromatic N) is 1. The van der Waals surface area contributed by atoms with Gasteiger partial charge in [0.15, 0.2) is 5.43 Å². The van der Waals surface area contributed by atoms with Crippen LogP contribution in [-0.2, 0) is 12.8 Å². The largest absolute Gasteiger partial charge is 0.331 e. The smallest absolute Gasteiger partial charge is 0.199 e. The van der Waals surface area contributed by atoms with E-state index in [1.807, 2.05) is 6.08 Å². The molecule has 3 nitrogen and oxygen atoms in total. The van der Waals surface area contributed by atoms with Gasteiger partial charge in [0.1, 0.15) is 10.3 Å². The van der Waals surface area contributed by atoms with Crippen molar-refractivity contribution >= 4 is 27.6 Å². The van der Waals surface area contributed by atoms with E-state index in [4.69, 9.17) is 0 Å². The van der Waals surface area contributed by atoms with Gasteiger partial charge in [-0.1, -0.05) is 0 Å². The van der Waals surface area contributed by atoms with E-state index in [-0.39, 0.29) is 5.43 Å². The second-order valence-corrected chi connectivity index (χ2v) is 5.78. The molecule has 0 aromatic carbocycles. The fourth-order valence-corrected chi connectivity index (χ4v) is 4.14. The van der Waals surface area contributed by atoms with E-state index in [2.05, 4.69) is 9.98 Å². The van der Waals surface area contributed by atoms with E-state index >= 15 is 0 Å². The van der Waals surface area contributed by atoms with Gasteiger partial charge in [-0.25, -0.2) is 0 Å². The van der Waals surface area contributed by atoms with Crippen LogP contribution < -0.4 is 16.1 Å². The van der Waals surface area contributed by atoms with E-state index in [1.165, 1.54) is 23.3 Å². The Morgan fingerprint density at radius 2 is 2.18 bits per heavy atom. The molecule has 0 fully saturated rings. The lowest BCUT2D eigenvalue weighted by Gasteiger charge is -2.09. The highest BCUT2D eigenvalue weighted by Gasteiger charge is 2.19. The Morgan fingerprint density at radius 1 is 1.29 bits per heavy atom. The van der Waals surface area contributed by atoms with Crippen LogP contribution in [0.5, 0.6) is 0 Å². The maximum Gasteiger partial charge on any atom is 0.199 e. The second kappa shape index (κ2) is 3.29. The van der Waals surface area contributed by atoms with Crippen LogP contribution in [0.25, 0.3) is 16.3 Å². The van der Waals surface area contributed by atoms with Crippen LogP contribution >= 0.6 is 11.3 Å². The molecule has 0 atom stereocenters. The minimum Gasteiger partial charge on any atom is -0.331 e. The standard InChI is InChI=1S/C13H12N2OS/c16-11-8-5-6-14-12(8)15-13-10(11)7-3-1-2-4-9(7)17-13/h5H,1-4,6H2,(H,14,15). The molecule has 0 unspecified atom stereocenters. The van der Waals surface area contributed by atoms with Gasteiger partial charge in [0.05, 0.1) is 17.1 Å². The van der Waals surface area contributed by atoms with Crippen LogP contribution in [0.15, 0.2) is 9.79 Å². The van der Waals surface area contributed by atoms with E-state index in [1.54, 1.807) is 11.3 Å². The normalized spacial score (nSPS) is 17.4. The fraction of sp³-hybridized carbons (Fsp3) is 0.385. The molecule has 2 aliphatic rings. The van der Waals surface area contributed by atoms with Crippen molar-refractivity contribution in [2.24, 2.45) is 4.99 Å². The first-order valence-electron chi connectivity index (χ1n) is 6.06. The molecule has 17 heavy (non-hydrogen) atoms. The summed E-state index contributed by atoms with van der Waals surface area (Å²) in [6.07, 6.45) is 6.59. The molecule has 0 radical (unpaired) electrons. The van der Waals surface area contributed by atoms with Crippen molar-refractivity contribution in [1.29, 1.82) is 0 Å². The Morgan fingerprint density at radius 3 is 3.12 bits per heavy atom. The highest BCUT2D eigenvalue weighted by molar-refractivity contribution is 7.18. The topological polar surface area (TPSA) is 45.2 Å². The van der Waals surface area contributed by atoms with Gasteiger partial charge in [-0.2, -0.15) is 0 Å². The maximum atomic E-state index is 12.4. The van der Waals surface area contributed by atoms with E-state index in [0.29, 0.717) is 6.54 Å². The van der Waals surface area contributed by atoms with Crippen molar-refractivity contribution < 1.29 is 0 Å². The van der Waals surface area contributed by atoms with Crippen LogP contribution in [0.4, 0.5) is 0 Å². The second-order valence-electron chi connectivity index (χ2n) is 4.68. The Hall–Kier alpha value is -1.42. The average molecular weight is 244 g/mol. The molecular weight excluding hydrogens is 232 g/mol. The van der Waals surface area contributed by atoms with Gasteiger partial charge < -0.3 is 4.98 Å². The Balaban J connectivity index is 2.25. The maximum absolute atomic E-state index is 12.4. The lowest BCUT2D eigenvalue weighted by molar-refractivity contribution is 0.700. The Kier molecular flexibility index (Phi) is 1.86. The van der Waals surface area contributed by atoms with Gasteiger partial charge in [-0.3, -0.25) is 9.79 Å². The van der Waals surface area contributed by atoms with Crippen LogP contribution in [0.1, 0.15) is 23.3 Å². The molecular formula is C13H12N2OS. The van der Waals surface area contributed by atoms with Gasteiger partial charge in [-0.05, 0) is 37.3 Å². The third-order valence-electron chi connectivity index (χ3n) is 3.67. The first kappa shape index (κ1) is 9.59. The highest BCUT2D eigenvalue weighted by Crippen LogP contribution is 2.32. The van der Waals surface area contributed by atoms with Crippen molar-refractivity contribution in [3.8, 4) is 0 Å². The van der Waals surface area contributed by atoms with Gasteiger partial charge in [-0.15, -0.1) is 11.3 Å². The van der Waals surface area contributed by atoms with E-state index in [9.17, 15) is 4.79 Å². The van der Waals surface area contributed by atoms with Crippen molar-refractivity contribution in [3.63, 3.8) is 0 Å². The third-order valence-corrected chi connectivity index (χ3v) is 4.88. The Labute approximate surface area is 102 Å². The van der Waals surface area contributed by atoms with Crippen LogP contribution in [0.2, 0.25) is 0 Å². The summed E-state index contributed by atoms with van der Waals surface area (Å²) in [5, 5.41) is 1.72. The zero-order chi connectivity index (χ0) is 11.4. The number of hydrogen-bond donors (Lipinski definition) is 1. The summed E-state index contributed by atoms with van der Waals surface area (Å²) in [5.74, 6) is 0. The lowest BCUT2D eigenvalue weighted by atomic mass is 9.96. The average Bonchev–Trinajstić information content (AvgIpc) is 2.92. The summed E-state index contributed by atoms with van der Waals surface area (Å²) < 4.78 is 0. The molecule has 0 spiro atoms. The predicted octanol–water partition coefficient (Wildman–Crippen LogP) is 0.882. The van der Waals surface area contributed by atoms with Crippen LogP contribution in [-0.4, -0.2) is 11.5 Å². The summed E-state index contributed by atoms with van der Waals surface area (Å²) >= 11 is 1.75. The first-order chi connectivity index (χ1) is 8.34. The van der Waals surface area contributed by atoms with Crippen molar-refractivity contribution in [2.45, 2.75) is 25.7 Å². The van der Waals surface area contributed by atoms with Crippen molar-refractivity contribution in [1.82, 2.24) is 4.98 Å². The number of aromatic nitrogens is 1. The lowest BCUT2D eigenvalue weighted by Crippen LogP contribution is -2.39. The molecule has 4 rings (SSSR count). The number of rotatable bonds is 0. The summed E-state index contributed by atoms with van der Waals surface area (Å²) in [5.41, 5.74) is 2.27. The number of nitrogens with one attached hydrogen (secondary N) is 1. The quantitative estimate of drug-likeness (QED) is 0.734. The minimum atomic E-state index is 0.189. The molecule has 2 aromatic rings. The molecule has 1 aliphatic carbocycles. The van der Waals surface area contributed by atoms with Crippen LogP contribution in [0, 0.1) is 0 Å². The predicted molar refractivity (Wildman–Crippen MR) is 69.2 cm³/mol. The van der Waals surface area contributed by atoms with Gasteiger partial charge in [0.25, 0.3) is 0 Å². The number of H-pyrrole nitrogens is 1. The molecule has 0 bridgehead atoms. The van der Waals surface area contributed by atoms with Gasteiger partial charge in [0, 0.05) is 4.88 Å². The Bertz CT molecular complexity index is 797. The summed E-state index contributed by atoms with van der Waals surface area (Å²) in [7, 11) is 0. The zero-order valence-corrected chi connectivity index (χ0v) is 10.2. The molecule has 0 saturated heterocycles. The summed E-state index contributed by atoms with van der Waals surface area (Å²) in [4.78, 5) is 22.5. The molecule has 1 N–H and O–H groups in total. The monoisotopic (exact) mass is 244 g/mol. The number of hydrogen-bond acceptors (Lipinski definition) is 3. The molecule has 0 amide bonds. The van der Waals surface area contributed by atoms with Gasteiger partial charge >= 0.3 is 0 Å². The summed E-state index contributed by atoms with van der Waals surface area (Å²) in [6.45, 7) is 0.639. The van der Waals surface area contributed by atoms with Gasteiger partial charge in [0.2, 0.25) is 0 Å². The molecule has 86 valence electrons. The number of thiophene rings is 1. The van der Waals surface area contributed by atoms with Crippen molar-refractivity contribution in [2.75, 3.05) is 6.54 Å². The number of aromatic amines is 1. The van der Waals surface area contributed by atoms with Crippen molar-refractivity contribution in [3.05, 3.63) is 31.4 Å². The molecule has 0 saturated carbocycles. The number of fused-ring (bicyclic) bond motifs is 4. The molecule has 3 heterocycles. The molecule has 1 aliphatic heterocycles. The van der Waals surface area contributed by atoms with E-state index in [0.717, 1.165) is 33.8 Å². The first-order valence-corrected chi connectivity index (χ1v) is 6.87. The summed E-state index contributed by atoms with van der Waals surface area (Å²) in [6, 6.07) is 0. The van der Waals surface area contributed by atoms with E-state index < -0.39 is 0 Å². The fourth-order valence-electron chi connectivity index (χ4n) is 2.85. The highest BCUT2D eigenvalue weighted by atomic mass is 32.1. The third kappa shape index (κ3) is 1.21.